The highest BCUT2D eigenvalue weighted by Gasteiger charge is 2.16. The van der Waals surface area contributed by atoms with E-state index in [0.29, 0.717) is 17.6 Å². The summed E-state index contributed by atoms with van der Waals surface area (Å²) in [5.74, 6) is 6.57. The number of hydrazine groups is 1. The van der Waals surface area contributed by atoms with E-state index in [9.17, 15) is 0 Å². The fourth-order valence-corrected chi connectivity index (χ4v) is 1.64. The molecule has 2 aromatic rings. The molecule has 0 fully saturated rings. The zero-order valence-corrected chi connectivity index (χ0v) is 10.2. The topological polar surface area (TPSA) is 95.8 Å². The number of aromatic amines is 1. The molecule has 7 nitrogen and oxygen atoms in total. The van der Waals surface area contributed by atoms with E-state index in [1.54, 1.807) is 6.20 Å². The lowest BCUT2D eigenvalue weighted by Crippen LogP contribution is -2.29. The van der Waals surface area contributed by atoms with Crippen LogP contribution < -0.4 is 16.2 Å². The van der Waals surface area contributed by atoms with E-state index in [4.69, 9.17) is 5.84 Å². The van der Waals surface area contributed by atoms with E-state index in [1.165, 1.54) is 0 Å². The minimum absolute atomic E-state index is 0.381. The second-order valence-corrected chi connectivity index (χ2v) is 4.02. The van der Waals surface area contributed by atoms with E-state index in [1.807, 2.05) is 7.05 Å². The number of nitrogens with two attached hydrogens (primary N) is 1. The Balaban J connectivity index is 2.53. The number of nitrogen functional groups attached to an aromatic ring is 1. The van der Waals surface area contributed by atoms with Crippen LogP contribution in [0.2, 0.25) is 0 Å². The predicted molar refractivity (Wildman–Crippen MR) is 67.6 cm³/mol. The van der Waals surface area contributed by atoms with Gasteiger partial charge < -0.3 is 4.90 Å². The van der Waals surface area contributed by atoms with Gasteiger partial charge in [0.2, 0.25) is 5.95 Å². The smallest absolute Gasteiger partial charge is 0.241 e. The van der Waals surface area contributed by atoms with E-state index in [2.05, 4.69) is 44.3 Å². The first-order valence-corrected chi connectivity index (χ1v) is 5.58. The summed E-state index contributed by atoms with van der Waals surface area (Å²) in [5.41, 5.74) is 3.14. The van der Waals surface area contributed by atoms with Gasteiger partial charge in [-0.1, -0.05) is 6.92 Å². The van der Waals surface area contributed by atoms with Crippen molar-refractivity contribution in [2.24, 2.45) is 5.84 Å². The molecule has 0 aliphatic rings. The van der Waals surface area contributed by atoms with Crippen molar-refractivity contribution in [3.63, 3.8) is 0 Å². The van der Waals surface area contributed by atoms with Crippen LogP contribution in [0.15, 0.2) is 6.20 Å². The van der Waals surface area contributed by atoms with Gasteiger partial charge in [-0.25, -0.2) is 5.84 Å². The minimum Gasteiger partial charge on any atom is -0.356 e. The quantitative estimate of drug-likeness (QED) is 0.537. The van der Waals surface area contributed by atoms with Crippen LogP contribution >= 0.6 is 0 Å². The van der Waals surface area contributed by atoms with Gasteiger partial charge in [0.05, 0.1) is 11.6 Å². The number of hydrogen-bond acceptors (Lipinski definition) is 6. The highest BCUT2D eigenvalue weighted by Crippen LogP contribution is 2.24. The van der Waals surface area contributed by atoms with E-state index in [0.717, 1.165) is 17.6 Å². The Kier molecular flexibility index (Phi) is 3.10. The maximum atomic E-state index is 5.36. The van der Waals surface area contributed by atoms with Gasteiger partial charge in [-0.3, -0.25) is 10.5 Å². The summed E-state index contributed by atoms with van der Waals surface area (Å²) >= 11 is 0. The van der Waals surface area contributed by atoms with Crippen LogP contribution in [0.4, 0.5) is 11.8 Å². The van der Waals surface area contributed by atoms with Crippen molar-refractivity contribution in [3.05, 3.63) is 6.20 Å². The molecule has 0 bridgehead atoms. The Hall–Kier alpha value is -1.89. The Morgan fingerprint density at radius 1 is 1.53 bits per heavy atom. The normalized spacial score (nSPS) is 12.7. The standard InChI is InChI=1S/C10H17N7/c1-4-6(2)17(3)9-7-5-12-16-8(7)13-10(14-9)15-11/h5-6H,4,11H2,1-3H3,(H2,12,13,14,15,16). The lowest BCUT2D eigenvalue weighted by atomic mass is 10.2. The molecule has 0 aliphatic heterocycles. The second-order valence-electron chi connectivity index (χ2n) is 4.02. The second kappa shape index (κ2) is 4.54. The molecule has 17 heavy (non-hydrogen) atoms. The van der Waals surface area contributed by atoms with Crippen LogP contribution in [0.5, 0.6) is 0 Å². The van der Waals surface area contributed by atoms with Gasteiger partial charge in [-0.15, -0.1) is 0 Å². The lowest BCUT2D eigenvalue weighted by molar-refractivity contribution is 0.659. The van der Waals surface area contributed by atoms with Gasteiger partial charge in [-0.2, -0.15) is 15.1 Å². The molecular weight excluding hydrogens is 218 g/mol. The van der Waals surface area contributed by atoms with Crippen LogP contribution in [0.1, 0.15) is 20.3 Å². The molecule has 4 N–H and O–H groups in total. The maximum Gasteiger partial charge on any atom is 0.241 e. The summed E-state index contributed by atoms with van der Waals surface area (Å²) in [6.07, 6.45) is 2.76. The fraction of sp³-hybridized carbons (Fsp3) is 0.500. The highest BCUT2D eigenvalue weighted by molar-refractivity contribution is 5.87. The maximum absolute atomic E-state index is 5.36. The van der Waals surface area contributed by atoms with Crippen LogP contribution in [0.25, 0.3) is 11.0 Å². The number of hydrogen-bond donors (Lipinski definition) is 3. The summed E-state index contributed by atoms with van der Waals surface area (Å²) < 4.78 is 0. The molecule has 0 saturated carbocycles. The van der Waals surface area contributed by atoms with Crippen LogP contribution in [-0.2, 0) is 0 Å². The van der Waals surface area contributed by atoms with Gasteiger partial charge in [0.1, 0.15) is 5.82 Å². The third-order valence-corrected chi connectivity index (χ3v) is 3.00. The number of nitrogens with zero attached hydrogens (tertiary/aromatic N) is 4. The molecule has 2 rings (SSSR count). The fourth-order valence-electron chi connectivity index (χ4n) is 1.64. The van der Waals surface area contributed by atoms with Gasteiger partial charge in [-0.05, 0) is 13.3 Å². The molecule has 1 atom stereocenters. The molecule has 2 heterocycles. The van der Waals surface area contributed by atoms with Gasteiger partial charge in [0, 0.05) is 13.1 Å². The number of fused-ring (bicyclic) bond motifs is 1. The van der Waals surface area contributed by atoms with Crippen molar-refractivity contribution in [2.75, 3.05) is 17.4 Å². The third kappa shape index (κ3) is 2.01. The first-order chi connectivity index (χ1) is 8.17. The Morgan fingerprint density at radius 2 is 2.29 bits per heavy atom. The molecule has 0 saturated heterocycles. The summed E-state index contributed by atoms with van der Waals surface area (Å²) in [6.45, 7) is 4.28. The molecule has 92 valence electrons. The Bertz CT molecular complexity index is 506. The average Bonchev–Trinajstić information content (AvgIpc) is 2.83. The number of aromatic nitrogens is 4. The molecule has 7 heteroatoms. The largest absolute Gasteiger partial charge is 0.356 e. The first-order valence-electron chi connectivity index (χ1n) is 5.58. The van der Waals surface area contributed by atoms with Gasteiger partial charge in [0.25, 0.3) is 0 Å². The molecule has 0 aliphatic carbocycles. The number of nitrogens with one attached hydrogen (secondary N) is 2. The summed E-state index contributed by atoms with van der Waals surface area (Å²) in [4.78, 5) is 10.7. The van der Waals surface area contributed by atoms with Gasteiger partial charge in [0.15, 0.2) is 5.65 Å². The first kappa shape index (κ1) is 11.6. The molecular formula is C10H17N7. The van der Waals surface area contributed by atoms with Crippen molar-refractivity contribution in [1.82, 2.24) is 20.2 Å². The predicted octanol–water partition coefficient (Wildman–Crippen LogP) is 0.873. The van der Waals surface area contributed by atoms with Crippen LogP contribution in [0.3, 0.4) is 0 Å². The average molecular weight is 235 g/mol. The van der Waals surface area contributed by atoms with E-state index < -0.39 is 0 Å². The SMILES string of the molecule is CCC(C)N(C)c1nc(NN)nc2[nH]ncc12. The van der Waals surface area contributed by atoms with E-state index >= 15 is 0 Å². The number of H-pyrrole nitrogens is 1. The monoisotopic (exact) mass is 235 g/mol. The molecule has 0 amide bonds. The van der Waals surface area contributed by atoms with E-state index in [-0.39, 0.29) is 0 Å². The lowest BCUT2D eigenvalue weighted by Gasteiger charge is -2.25. The minimum atomic E-state index is 0.381. The van der Waals surface area contributed by atoms with Crippen LogP contribution in [-0.4, -0.2) is 33.3 Å². The van der Waals surface area contributed by atoms with Crippen molar-refractivity contribution in [1.29, 1.82) is 0 Å². The zero-order valence-electron chi connectivity index (χ0n) is 10.2. The number of rotatable bonds is 4. The van der Waals surface area contributed by atoms with Crippen molar-refractivity contribution in [2.45, 2.75) is 26.3 Å². The van der Waals surface area contributed by atoms with Crippen molar-refractivity contribution in [3.8, 4) is 0 Å². The number of anilines is 2. The summed E-state index contributed by atoms with van der Waals surface area (Å²) in [6, 6.07) is 0.383. The van der Waals surface area contributed by atoms with Crippen molar-refractivity contribution >= 4 is 22.8 Å². The molecule has 2 aromatic heterocycles. The Morgan fingerprint density at radius 3 is 2.94 bits per heavy atom. The molecule has 0 radical (unpaired) electrons. The van der Waals surface area contributed by atoms with Crippen LogP contribution in [0, 0.1) is 0 Å². The highest BCUT2D eigenvalue weighted by atomic mass is 15.3. The Labute approximate surface area is 99.4 Å². The molecule has 0 aromatic carbocycles. The van der Waals surface area contributed by atoms with Gasteiger partial charge >= 0.3 is 0 Å². The zero-order chi connectivity index (χ0) is 12.4. The molecule has 1 unspecified atom stereocenters. The van der Waals surface area contributed by atoms with Crippen molar-refractivity contribution < 1.29 is 0 Å². The third-order valence-electron chi connectivity index (χ3n) is 3.00. The molecule has 0 spiro atoms. The summed E-state index contributed by atoms with van der Waals surface area (Å²) in [5, 5.41) is 7.70. The summed E-state index contributed by atoms with van der Waals surface area (Å²) in [7, 11) is 2.00.